The highest BCUT2D eigenvalue weighted by molar-refractivity contribution is 5.79. The van der Waals surface area contributed by atoms with Gasteiger partial charge in [-0.05, 0) is 20.8 Å². The average Bonchev–Trinajstić information content (AvgIpc) is 2.28. The fourth-order valence-corrected chi connectivity index (χ4v) is 1.35. The average molecular weight is 256 g/mol. The quantitative estimate of drug-likeness (QED) is 0.478. The second-order valence-electron chi connectivity index (χ2n) is 4.36. The van der Waals surface area contributed by atoms with E-state index in [1.807, 2.05) is 13.8 Å². The van der Waals surface area contributed by atoms with Crippen LogP contribution in [0.4, 0.5) is 0 Å². The fraction of sp³-hybridized carbons (Fsp3) is 0.692. The molecule has 0 atom stereocenters. The Morgan fingerprint density at radius 1 is 1.33 bits per heavy atom. The van der Waals surface area contributed by atoms with Gasteiger partial charge in [-0.15, -0.1) is 6.58 Å². The lowest BCUT2D eigenvalue weighted by Crippen LogP contribution is -2.43. The van der Waals surface area contributed by atoms with Crippen LogP contribution in [-0.4, -0.2) is 61.0 Å². The van der Waals surface area contributed by atoms with Gasteiger partial charge < -0.3 is 9.64 Å². The molecule has 0 bridgehead atoms. The minimum atomic E-state index is -0.320. The summed E-state index contributed by atoms with van der Waals surface area (Å²) in [5.41, 5.74) is 0. The first-order valence-electron chi connectivity index (χ1n) is 6.16. The molecule has 0 aromatic rings. The molecule has 0 aliphatic carbocycles. The van der Waals surface area contributed by atoms with Gasteiger partial charge in [-0.3, -0.25) is 14.5 Å². The Hall–Kier alpha value is -1.36. The summed E-state index contributed by atoms with van der Waals surface area (Å²) in [4.78, 5) is 26.7. The SMILES string of the molecule is C=CCN(CC(=O)OCC)CC(=O)N(C)C(C)C. The van der Waals surface area contributed by atoms with Crippen molar-refractivity contribution in [2.24, 2.45) is 0 Å². The highest BCUT2D eigenvalue weighted by atomic mass is 16.5. The Kier molecular flexibility index (Phi) is 8.03. The monoisotopic (exact) mass is 256 g/mol. The van der Waals surface area contributed by atoms with Crippen molar-refractivity contribution in [3.05, 3.63) is 12.7 Å². The highest BCUT2D eigenvalue weighted by Crippen LogP contribution is 1.98. The number of carbonyl (C=O) groups excluding carboxylic acids is 2. The van der Waals surface area contributed by atoms with Crippen LogP contribution in [-0.2, 0) is 14.3 Å². The number of hydrogen-bond donors (Lipinski definition) is 0. The molecule has 0 aliphatic heterocycles. The van der Waals surface area contributed by atoms with Gasteiger partial charge in [-0.1, -0.05) is 6.08 Å². The molecule has 5 nitrogen and oxygen atoms in total. The number of amides is 1. The van der Waals surface area contributed by atoms with E-state index in [0.29, 0.717) is 13.2 Å². The number of ether oxygens (including phenoxy) is 1. The van der Waals surface area contributed by atoms with Gasteiger partial charge in [0.05, 0.1) is 19.7 Å². The van der Waals surface area contributed by atoms with Crippen LogP contribution >= 0.6 is 0 Å². The minimum absolute atomic E-state index is 0.0175. The fourth-order valence-electron chi connectivity index (χ4n) is 1.35. The first-order chi connectivity index (χ1) is 8.42. The van der Waals surface area contributed by atoms with E-state index in [1.54, 1.807) is 29.8 Å². The summed E-state index contributed by atoms with van der Waals surface area (Å²) in [6, 6.07) is 0.144. The van der Waals surface area contributed by atoms with Gasteiger partial charge in [0.1, 0.15) is 0 Å². The lowest BCUT2D eigenvalue weighted by Gasteiger charge is -2.25. The highest BCUT2D eigenvalue weighted by Gasteiger charge is 2.18. The zero-order valence-electron chi connectivity index (χ0n) is 11.8. The van der Waals surface area contributed by atoms with Gasteiger partial charge in [0, 0.05) is 19.6 Å². The zero-order chi connectivity index (χ0) is 14.1. The molecule has 0 aromatic carbocycles. The van der Waals surface area contributed by atoms with Gasteiger partial charge in [0.25, 0.3) is 0 Å². The third kappa shape index (κ3) is 6.39. The van der Waals surface area contributed by atoms with Crippen LogP contribution in [0.2, 0.25) is 0 Å². The van der Waals surface area contributed by atoms with Gasteiger partial charge in [0.15, 0.2) is 0 Å². The topological polar surface area (TPSA) is 49.9 Å². The molecule has 1 amide bonds. The van der Waals surface area contributed by atoms with Crippen molar-refractivity contribution in [1.29, 1.82) is 0 Å². The standard InChI is InChI=1S/C13H24N2O3/c1-6-8-15(10-13(17)18-7-2)9-12(16)14(5)11(3)4/h6,11H,1,7-10H2,2-5H3. The molecule has 0 radical (unpaired) electrons. The van der Waals surface area contributed by atoms with Crippen molar-refractivity contribution in [3.8, 4) is 0 Å². The largest absolute Gasteiger partial charge is 0.465 e. The number of rotatable bonds is 8. The molecule has 5 heteroatoms. The minimum Gasteiger partial charge on any atom is -0.465 e. The number of carbonyl (C=O) groups is 2. The van der Waals surface area contributed by atoms with Crippen LogP contribution < -0.4 is 0 Å². The predicted octanol–water partition coefficient (Wildman–Crippen LogP) is 0.904. The molecule has 0 N–H and O–H groups in total. The summed E-state index contributed by atoms with van der Waals surface area (Å²) < 4.78 is 4.87. The Balaban J connectivity index is 4.38. The van der Waals surface area contributed by atoms with E-state index < -0.39 is 0 Å². The summed E-state index contributed by atoms with van der Waals surface area (Å²) in [5.74, 6) is -0.338. The maximum atomic E-state index is 11.9. The van der Waals surface area contributed by atoms with Crippen molar-refractivity contribution in [2.75, 3.05) is 33.3 Å². The van der Waals surface area contributed by atoms with Crippen LogP contribution in [0.3, 0.4) is 0 Å². The summed E-state index contributed by atoms with van der Waals surface area (Å²) in [7, 11) is 1.75. The van der Waals surface area contributed by atoms with Gasteiger partial charge in [-0.25, -0.2) is 0 Å². The second kappa shape index (κ2) is 8.69. The van der Waals surface area contributed by atoms with Crippen LogP contribution in [0.1, 0.15) is 20.8 Å². The Morgan fingerprint density at radius 2 is 1.94 bits per heavy atom. The Morgan fingerprint density at radius 3 is 2.39 bits per heavy atom. The van der Waals surface area contributed by atoms with E-state index >= 15 is 0 Å². The summed E-state index contributed by atoms with van der Waals surface area (Å²) in [6.45, 7) is 10.4. The molecule has 0 rings (SSSR count). The van der Waals surface area contributed by atoms with Crippen molar-refractivity contribution in [1.82, 2.24) is 9.80 Å². The predicted molar refractivity (Wildman–Crippen MR) is 71.2 cm³/mol. The Labute approximate surface area is 109 Å². The molecule has 18 heavy (non-hydrogen) atoms. The van der Waals surface area contributed by atoms with Crippen LogP contribution in [0, 0.1) is 0 Å². The molecule has 0 saturated carbocycles. The molecule has 0 fully saturated rings. The van der Waals surface area contributed by atoms with E-state index in [1.165, 1.54) is 0 Å². The van der Waals surface area contributed by atoms with E-state index in [4.69, 9.17) is 4.74 Å². The smallest absolute Gasteiger partial charge is 0.320 e. The summed E-state index contributed by atoms with van der Waals surface area (Å²) in [5, 5.41) is 0. The van der Waals surface area contributed by atoms with Crippen molar-refractivity contribution >= 4 is 11.9 Å². The summed E-state index contributed by atoms with van der Waals surface area (Å²) in [6.07, 6.45) is 1.67. The maximum absolute atomic E-state index is 11.9. The van der Waals surface area contributed by atoms with Crippen molar-refractivity contribution in [2.45, 2.75) is 26.8 Å². The molecule has 0 aromatic heterocycles. The van der Waals surface area contributed by atoms with E-state index in [-0.39, 0.29) is 31.0 Å². The first kappa shape index (κ1) is 16.6. The molecule has 0 aliphatic rings. The zero-order valence-corrected chi connectivity index (χ0v) is 11.8. The second-order valence-corrected chi connectivity index (χ2v) is 4.36. The van der Waals surface area contributed by atoms with Crippen LogP contribution in [0.5, 0.6) is 0 Å². The molecule has 0 unspecified atom stereocenters. The number of nitrogens with zero attached hydrogens (tertiary/aromatic N) is 2. The van der Waals surface area contributed by atoms with E-state index in [9.17, 15) is 9.59 Å². The van der Waals surface area contributed by atoms with Gasteiger partial charge >= 0.3 is 5.97 Å². The molecule has 104 valence electrons. The summed E-state index contributed by atoms with van der Waals surface area (Å²) >= 11 is 0. The van der Waals surface area contributed by atoms with Crippen molar-refractivity contribution in [3.63, 3.8) is 0 Å². The first-order valence-corrected chi connectivity index (χ1v) is 6.16. The lowest BCUT2D eigenvalue weighted by molar-refractivity contribution is -0.145. The maximum Gasteiger partial charge on any atom is 0.320 e. The molecule has 0 saturated heterocycles. The number of hydrogen-bond acceptors (Lipinski definition) is 4. The van der Waals surface area contributed by atoms with Gasteiger partial charge in [0.2, 0.25) is 5.91 Å². The van der Waals surface area contributed by atoms with Gasteiger partial charge in [-0.2, -0.15) is 0 Å². The molecular formula is C13H24N2O3. The van der Waals surface area contributed by atoms with E-state index in [2.05, 4.69) is 6.58 Å². The van der Waals surface area contributed by atoms with Crippen LogP contribution in [0.15, 0.2) is 12.7 Å². The third-order valence-corrected chi connectivity index (χ3v) is 2.57. The van der Waals surface area contributed by atoms with Crippen molar-refractivity contribution < 1.29 is 14.3 Å². The third-order valence-electron chi connectivity index (χ3n) is 2.57. The number of likely N-dealkylation sites (N-methyl/N-ethyl adjacent to an activating group) is 1. The number of esters is 1. The van der Waals surface area contributed by atoms with Crippen LogP contribution in [0.25, 0.3) is 0 Å². The van der Waals surface area contributed by atoms with E-state index in [0.717, 1.165) is 0 Å². The lowest BCUT2D eigenvalue weighted by atomic mass is 10.3. The molecule has 0 heterocycles. The normalized spacial score (nSPS) is 10.6. The Bertz CT molecular complexity index is 290. The molecular weight excluding hydrogens is 232 g/mol. The molecule has 0 spiro atoms.